The molecular weight excluding hydrogens is 478 g/mol. The van der Waals surface area contributed by atoms with E-state index >= 15 is 0 Å². The molecule has 1 atom stereocenters. The SMILES string of the molecule is COCCN1C(=O)C(O)=C(C(=O)c2cc3cc(Cl)cc(OC)c3o2)C1c1ccc2c(c1)OCCO2. The van der Waals surface area contributed by atoms with Gasteiger partial charge in [0.2, 0.25) is 5.78 Å². The largest absolute Gasteiger partial charge is 0.503 e. The number of Topliss-reactive ketones (excluding diaryl/α,β-unsaturated/α-hetero) is 1. The molecule has 1 N–H and O–H groups in total. The zero-order chi connectivity index (χ0) is 24.7. The fraction of sp³-hybridized carbons (Fsp3) is 0.280. The number of carbonyl (C=O) groups is 2. The summed E-state index contributed by atoms with van der Waals surface area (Å²) in [5, 5.41) is 11.8. The molecule has 0 radical (unpaired) electrons. The van der Waals surface area contributed by atoms with Crippen LogP contribution in [0.15, 0.2) is 52.1 Å². The summed E-state index contributed by atoms with van der Waals surface area (Å²) in [6.45, 7) is 1.17. The number of ketones is 1. The van der Waals surface area contributed by atoms with E-state index in [1.165, 1.54) is 25.2 Å². The van der Waals surface area contributed by atoms with Gasteiger partial charge in [0.05, 0.1) is 25.3 Å². The number of hydrogen-bond donors (Lipinski definition) is 1. The van der Waals surface area contributed by atoms with E-state index in [2.05, 4.69) is 0 Å². The number of rotatable bonds is 7. The number of hydrogen-bond acceptors (Lipinski definition) is 8. The summed E-state index contributed by atoms with van der Waals surface area (Å²) >= 11 is 6.15. The van der Waals surface area contributed by atoms with Gasteiger partial charge < -0.3 is 33.4 Å². The van der Waals surface area contributed by atoms with Crippen molar-refractivity contribution in [2.75, 3.05) is 40.6 Å². The van der Waals surface area contributed by atoms with Crippen LogP contribution in [-0.4, -0.2) is 62.3 Å². The molecular formula is C25H22ClNO8. The molecule has 2 aliphatic rings. The monoisotopic (exact) mass is 499 g/mol. The van der Waals surface area contributed by atoms with Crippen molar-refractivity contribution in [1.29, 1.82) is 0 Å². The Hall–Kier alpha value is -3.69. The molecule has 2 aromatic carbocycles. The summed E-state index contributed by atoms with van der Waals surface area (Å²) in [7, 11) is 2.97. The standard InChI is InChI=1S/C25H22ClNO8/c1-31-6-5-27-21(13-3-4-16-17(10-13)34-8-7-33-16)20(23(29)25(27)30)22(28)18-11-14-9-15(26)12-19(32-2)24(14)35-18/h3-4,9-12,21,29H,5-8H2,1-2H3. The van der Waals surface area contributed by atoms with E-state index in [0.717, 1.165) is 0 Å². The van der Waals surface area contributed by atoms with Crippen LogP contribution in [0.1, 0.15) is 22.2 Å². The number of amides is 1. The molecule has 0 saturated heterocycles. The van der Waals surface area contributed by atoms with E-state index in [1.54, 1.807) is 30.3 Å². The Morgan fingerprint density at radius 3 is 2.66 bits per heavy atom. The summed E-state index contributed by atoms with van der Waals surface area (Å²) < 4.78 is 27.6. The van der Waals surface area contributed by atoms with Crippen LogP contribution >= 0.6 is 11.6 Å². The van der Waals surface area contributed by atoms with Crippen LogP contribution in [0.3, 0.4) is 0 Å². The number of fused-ring (bicyclic) bond motifs is 2. The molecule has 0 fully saturated rings. The minimum absolute atomic E-state index is 0.0638. The van der Waals surface area contributed by atoms with Gasteiger partial charge in [-0.2, -0.15) is 0 Å². The Morgan fingerprint density at radius 2 is 1.91 bits per heavy atom. The first-order chi connectivity index (χ1) is 16.9. The fourth-order valence-corrected chi connectivity index (χ4v) is 4.58. The average Bonchev–Trinajstić information content (AvgIpc) is 3.40. The first kappa shape index (κ1) is 23.1. The molecule has 5 rings (SSSR count). The number of methoxy groups -OCH3 is 2. The summed E-state index contributed by atoms with van der Waals surface area (Å²) in [6.07, 6.45) is 0. The molecule has 9 nitrogen and oxygen atoms in total. The molecule has 1 unspecified atom stereocenters. The predicted octanol–water partition coefficient (Wildman–Crippen LogP) is 4.09. The lowest BCUT2D eigenvalue weighted by atomic mass is 9.94. The van der Waals surface area contributed by atoms with Gasteiger partial charge in [-0.3, -0.25) is 9.59 Å². The highest BCUT2D eigenvalue weighted by atomic mass is 35.5. The van der Waals surface area contributed by atoms with Gasteiger partial charge >= 0.3 is 0 Å². The number of carbonyl (C=O) groups excluding carboxylic acids is 2. The zero-order valence-corrected chi connectivity index (χ0v) is 19.8. The Balaban J connectivity index is 1.60. The third-order valence-electron chi connectivity index (χ3n) is 5.96. The van der Waals surface area contributed by atoms with Crippen LogP contribution in [0, 0.1) is 0 Å². The van der Waals surface area contributed by atoms with Crippen LogP contribution in [-0.2, 0) is 9.53 Å². The van der Waals surface area contributed by atoms with Crippen molar-refractivity contribution < 1.29 is 38.1 Å². The van der Waals surface area contributed by atoms with Crippen LogP contribution in [0.25, 0.3) is 11.0 Å². The van der Waals surface area contributed by atoms with Crippen LogP contribution in [0.4, 0.5) is 0 Å². The second-order valence-corrected chi connectivity index (χ2v) is 8.46. The lowest BCUT2D eigenvalue weighted by Gasteiger charge is -2.27. The summed E-state index contributed by atoms with van der Waals surface area (Å²) in [4.78, 5) is 28.1. The van der Waals surface area contributed by atoms with Crippen LogP contribution in [0.2, 0.25) is 5.02 Å². The minimum Gasteiger partial charge on any atom is -0.503 e. The second kappa shape index (κ2) is 9.16. The highest BCUT2D eigenvalue weighted by Gasteiger charge is 2.44. The van der Waals surface area contributed by atoms with Crippen molar-refractivity contribution in [3.05, 3.63) is 64.1 Å². The van der Waals surface area contributed by atoms with Crippen molar-refractivity contribution in [3.63, 3.8) is 0 Å². The molecule has 3 aromatic rings. The molecule has 2 aliphatic heterocycles. The van der Waals surface area contributed by atoms with Crippen molar-refractivity contribution in [3.8, 4) is 17.2 Å². The number of nitrogens with zero attached hydrogens (tertiary/aromatic N) is 1. The smallest absolute Gasteiger partial charge is 0.290 e. The molecule has 1 amide bonds. The predicted molar refractivity (Wildman–Crippen MR) is 126 cm³/mol. The Bertz CT molecular complexity index is 1360. The van der Waals surface area contributed by atoms with Gasteiger partial charge in [0.1, 0.15) is 13.2 Å². The Kier molecular flexibility index (Phi) is 6.04. The first-order valence-corrected chi connectivity index (χ1v) is 11.2. The summed E-state index contributed by atoms with van der Waals surface area (Å²) in [5.41, 5.74) is 0.798. The van der Waals surface area contributed by atoms with Crippen molar-refractivity contribution in [1.82, 2.24) is 4.90 Å². The van der Waals surface area contributed by atoms with E-state index < -0.39 is 23.5 Å². The number of furan rings is 1. The normalized spacial score (nSPS) is 17.4. The van der Waals surface area contributed by atoms with Gasteiger partial charge in [-0.25, -0.2) is 0 Å². The van der Waals surface area contributed by atoms with Gasteiger partial charge in [0.15, 0.2) is 34.4 Å². The van der Waals surface area contributed by atoms with Gasteiger partial charge in [-0.05, 0) is 29.8 Å². The molecule has 0 aliphatic carbocycles. The number of aliphatic hydroxyl groups is 1. The topological polar surface area (TPSA) is 108 Å². The molecule has 182 valence electrons. The fourth-order valence-electron chi connectivity index (χ4n) is 4.36. The number of halogens is 1. The van der Waals surface area contributed by atoms with Gasteiger partial charge in [-0.15, -0.1) is 0 Å². The molecule has 0 saturated carbocycles. The minimum atomic E-state index is -0.889. The number of benzene rings is 2. The molecule has 0 bridgehead atoms. The lowest BCUT2D eigenvalue weighted by Crippen LogP contribution is -2.34. The van der Waals surface area contributed by atoms with Gasteiger partial charge in [-0.1, -0.05) is 17.7 Å². The molecule has 1 aromatic heterocycles. The van der Waals surface area contributed by atoms with Crippen molar-refractivity contribution in [2.24, 2.45) is 0 Å². The molecule has 3 heterocycles. The maximum absolute atomic E-state index is 13.7. The van der Waals surface area contributed by atoms with E-state index in [9.17, 15) is 14.7 Å². The summed E-state index contributed by atoms with van der Waals surface area (Å²) in [6, 6.07) is 8.99. The van der Waals surface area contributed by atoms with Crippen LogP contribution in [0.5, 0.6) is 17.2 Å². The molecule has 0 spiro atoms. The zero-order valence-electron chi connectivity index (χ0n) is 19.0. The maximum Gasteiger partial charge on any atom is 0.290 e. The maximum atomic E-state index is 13.7. The van der Waals surface area contributed by atoms with Crippen LogP contribution < -0.4 is 14.2 Å². The number of ether oxygens (including phenoxy) is 4. The molecule has 35 heavy (non-hydrogen) atoms. The van der Waals surface area contributed by atoms with E-state index in [0.29, 0.717) is 52.0 Å². The Labute approximate surface area is 205 Å². The third kappa shape index (κ3) is 3.96. The van der Waals surface area contributed by atoms with Gasteiger partial charge in [0, 0.05) is 30.1 Å². The second-order valence-electron chi connectivity index (χ2n) is 8.03. The lowest BCUT2D eigenvalue weighted by molar-refractivity contribution is -0.130. The van der Waals surface area contributed by atoms with Crippen molar-refractivity contribution >= 4 is 34.3 Å². The molecule has 10 heteroatoms. The third-order valence-corrected chi connectivity index (χ3v) is 6.18. The highest BCUT2D eigenvalue weighted by Crippen LogP contribution is 2.43. The highest BCUT2D eigenvalue weighted by molar-refractivity contribution is 6.31. The average molecular weight is 500 g/mol. The van der Waals surface area contributed by atoms with E-state index in [1.807, 2.05) is 0 Å². The van der Waals surface area contributed by atoms with E-state index in [4.69, 9.17) is 35.0 Å². The number of aliphatic hydroxyl groups excluding tert-OH is 1. The Morgan fingerprint density at radius 1 is 1.14 bits per heavy atom. The van der Waals surface area contributed by atoms with E-state index in [-0.39, 0.29) is 24.5 Å². The van der Waals surface area contributed by atoms with Crippen molar-refractivity contribution in [2.45, 2.75) is 6.04 Å². The van der Waals surface area contributed by atoms with Gasteiger partial charge in [0.25, 0.3) is 5.91 Å². The quantitative estimate of drug-likeness (QED) is 0.484. The first-order valence-electron chi connectivity index (χ1n) is 10.9. The summed E-state index contributed by atoms with van der Waals surface area (Å²) in [5.74, 6) is -0.601.